The van der Waals surface area contributed by atoms with Crippen molar-refractivity contribution < 1.29 is 9.18 Å². The lowest BCUT2D eigenvalue weighted by Gasteiger charge is -2.26. The highest BCUT2D eigenvalue weighted by Gasteiger charge is 2.21. The minimum atomic E-state index is -0.221. The Balaban J connectivity index is 0.00000300. The molecule has 2 heterocycles. The van der Waals surface area contributed by atoms with E-state index in [1.54, 1.807) is 24.3 Å². The molecule has 3 rings (SSSR count). The van der Waals surface area contributed by atoms with Crippen LogP contribution in [0.3, 0.4) is 0 Å². The first-order chi connectivity index (χ1) is 13.5. The van der Waals surface area contributed by atoms with E-state index in [4.69, 9.17) is 0 Å². The van der Waals surface area contributed by atoms with Gasteiger partial charge in [0.1, 0.15) is 12.4 Å². The fraction of sp³-hybridized carbons (Fsp3) is 0.429. The lowest BCUT2D eigenvalue weighted by molar-refractivity contribution is -0.130. The van der Waals surface area contributed by atoms with Gasteiger partial charge in [0.2, 0.25) is 5.91 Å². The van der Waals surface area contributed by atoms with Crippen LogP contribution in [0.15, 0.2) is 34.6 Å². The number of rotatable bonds is 5. The lowest BCUT2D eigenvalue weighted by Crippen LogP contribution is -2.41. The van der Waals surface area contributed by atoms with Crippen LogP contribution in [-0.2, 0) is 17.8 Å². The van der Waals surface area contributed by atoms with Gasteiger partial charge >= 0.3 is 0 Å². The monoisotopic (exact) mass is 530 g/mol. The van der Waals surface area contributed by atoms with Gasteiger partial charge in [-0.1, -0.05) is 12.1 Å². The average molecular weight is 530 g/mol. The zero-order valence-corrected chi connectivity index (χ0v) is 20.1. The highest BCUT2D eigenvalue weighted by atomic mass is 127. The van der Waals surface area contributed by atoms with Crippen molar-refractivity contribution in [3.63, 3.8) is 0 Å². The van der Waals surface area contributed by atoms with Gasteiger partial charge in [-0.2, -0.15) is 0 Å². The number of aryl methyl sites for hydroxylation is 1. The first-order valence-corrected chi connectivity index (χ1v) is 10.5. The molecule has 0 spiro atoms. The number of nitrogens with one attached hydrogen (secondary N) is 2. The summed E-state index contributed by atoms with van der Waals surface area (Å²) in [5, 5.41) is 8.49. The van der Waals surface area contributed by atoms with Crippen LogP contribution in [-0.4, -0.2) is 36.4 Å². The topological polar surface area (TPSA) is 56.7 Å². The molecule has 2 aromatic rings. The van der Waals surface area contributed by atoms with E-state index >= 15 is 0 Å². The Bertz CT molecular complexity index is 870. The Hall–Kier alpha value is -1.68. The lowest BCUT2D eigenvalue weighted by atomic mass is 10.1. The van der Waals surface area contributed by atoms with E-state index in [1.165, 1.54) is 16.5 Å². The Morgan fingerprint density at radius 2 is 2.17 bits per heavy atom. The molecule has 1 aromatic carbocycles. The first-order valence-electron chi connectivity index (χ1n) is 9.61. The van der Waals surface area contributed by atoms with Crippen molar-refractivity contribution in [3.05, 3.63) is 57.0 Å². The summed E-state index contributed by atoms with van der Waals surface area (Å²) in [6.45, 7) is 7.83. The molecule has 8 heteroatoms. The van der Waals surface area contributed by atoms with Crippen molar-refractivity contribution in [2.24, 2.45) is 4.99 Å². The molecule has 1 unspecified atom stereocenters. The maximum absolute atomic E-state index is 13.8. The van der Waals surface area contributed by atoms with Crippen LogP contribution >= 0.6 is 35.3 Å². The number of carbonyl (C=O) groups excluding carboxylic acids is 1. The molecule has 0 radical (unpaired) electrons. The molecule has 0 saturated heterocycles. The van der Waals surface area contributed by atoms with E-state index in [2.05, 4.69) is 27.1 Å². The molecular weight excluding hydrogens is 502 g/mol. The maximum atomic E-state index is 13.8. The van der Waals surface area contributed by atoms with E-state index in [-0.39, 0.29) is 48.3 Å². The second-order valence-electron chi connectivity index (χ2n) is 7.00. The van der Waals surface area contributed by atoms with E-state index in [0.717, 1.165) is 18.5 Å². The predicted octanol–water partition coefficient (Wildman–Crippen LogP) is 4.01. The number of amides is 1. The predicted molar refractivity (Wildman–Crippen MR) is 128 cm³/mol. The van der Waals surface area contributed by atoms with Crippen molar-refractivity contribution in [2.45, 2.75) is 39.8 Å². The number of hydrogen-bond acceptors (Lipinski definition) is 3. The number of hydrogen-bond donors (Lipinski definition) is 2. The highest BCUT2D eigenvalue weighted by molar-refractivity contribution is 14.0. The van der Waals surface area contributed by atoms with Crippen LogP contribution < -0.4 is 10.6 Å². The average Bonchev–Trinajstić information content (AvgIpc) is 3.15. The minimum Gasteiger partial charge on any atom is -0.357 e. The summed E-state index contributed by atoms with van der Waals surface area (Å²) in [7, 11) is 0. The normalized spacial score (nSPS) is 14.6. The summed E-state index contributed by atoms with van der Waals surface area (Å²) in [5.41, 5.74) is 2.70. The van der Waals surface area contributed by atoms with Crippen molar-refractivity contribution in [1.82, 2.24) is 15.5 Å². The molecular formula is C21H28FIN4OS. The van der Waals surface area contributed by atoms with Gasteiger partial charge in [0.05, 0.1) is 6.04 Å². The van der Waals surface area contributed by atoms with Crippen LogP contribution in [0, 0.1) is 12.7 Å². The second kappa shape index (κ2) is 10.9. The van der Waals surface area contributed by atoms with Gasteiger partial charge in [-0.3, -0.25) is 4.79 Å². The van der Waals surface area contributed by atoms with Gasteiger partial charge in [0.15, 0.2) is 5.96 Å². The molecule has 158 valence electrons. The van der Waals surface area contributed by atoms with Gasteiger partial charge in [-0.15, -0.1) is 35.3 Å². The summed E-state index contributed by atoms with van der Waals surface area (Å²) < 4.78 is 13.8. The van der Waals surface area contributed by atoms with Crippen LogP contribution in [0.4, 0.5) is 4.39 Å². The molecule has 1 amide bonds. The van der Waals surface area contributed by atoms with Crippen LogP contribution in [0.25, 0.3) is 0 Å². The molecule has 1 atom stereocenters. The van der Waals surface area contributed by atoms with Gasteiger partial charge < -0.3 is 15.5 Å². The number of fused-ring (bicyclic) bond motifs is 1. The van der Waals surface area contributed by atoms with E-state index in [1.807, 2.05) is 24.8 Å². The molecule has 29 heavy (non-hydrogen) atoms. The quantitative estimate of drug-likeness (QED) is 0.349. The fourth-order valence-electron chi connectivity index (χ4n) is 3.19. The standard InChI is InChI=1S/C21H27FN4OS.HI/c1-4-23-21(25-15(3)16-6-5-14(2)18(22)11-16)24-12-20(27)26-9-7-19-17(13-26)8-10-28-19;/h5-6,8,10-11,15H,4,7,9,12-13H2,1-3H3,(H2,23,24,25);1H. The Kier molecular flexibility index (Phi) is 8.88. The second-order valence-corrected chi connectivity index (χ2v) is 8.00. The third-order valence-electron chi connectivity index (χ3n) is 4.93. The highest BCUT2D eigenvalue weighted by Crippen LogP contribution is 2.24. The number of carbonyl (C=O) groups is 1. The molecule has 0 aliphatic carbocycles. The maximum Gasteiger partial charge on any atom is 0.244 e. The summed E-state index contributed by atoms with van der Waals surface area (Å²) >= 11 is 1.76. The van der Waals surface area contributed by atoms with Crippen molar-refractivity contribution >= 4 is 47.2 Å². The summed E-state index contributed by atoms with van der Waals surface area (Å²) in [4.78, 5) is 20.3. The Morgan fingerprint density at radius 3 is 2.90 bits per heavy atom. The number of thiophene rings is 1. The van der Waals surface area contributed by atoms with Crippen molar-refractivity contribution in [2.75, 3.05) is 19.6 Å². The largest absolute Gasteiger partial charge is 0.357 e. The number of nitrogens with zero attached hydrogens (tertiary/aromatic N) is 2. The summed E-state index contributed by atoms with van der Waals surface area (Å²) in [6, 6.07) is 7.17. The smallest absolute Gasteiger partial charge is 0.244 e. The SMILES string of the molecule is CCNC(=NCC(=O)N1CCc2sccc2C1)NC(C)c1ccc(C)c(F)c1.I. The number of aliphatic imine (C=N–C) groups is 1. The van der Waals surface area contributed by atoms with E-state index in [0.29, 0.717) is 24.6 Å². The minimum absolute atomic E-state index is 0. The Morgan fingerprint density at radius 1 is 1.38 bits per heavy atom. The molecule has 2 N–H and O–H groups in total. The summed E-state index contributed by atoms with van der Waals surface area (Å²) in [6.07, 6.45) is 0.913. The zero-order chi connectivity index (χ0) is 20.1. The van der Waals surface area contributed by atoms with Crippen molar-refractivity contribution in [1.29, 1.82) is 0 Å². The number of benzene rings is 1. The van der Waals surface area contributed by atoms with Gasteiger partial charge in [0.25, 0.3) is 0 Å². The number of halogens is 2. The number of guanidine groups is 1. The molecule has 1 aliphatic rings. The van der Waals surface area contributed by atoms with E-state index < -0.39 is 0 Å². The first kappa shape index (κ1) is 23.6. The molecule has 0 fully saturated rings. The van der Waals surface area contributed by atoms with Gasteiger partial charge in [0, 0.05) is 24.5 Å². The molecule has 0 bridgehead atoms. The molecule has 0 saturated carbocycles. The van der Waals surface area contributed by atoms with Gasteiger partial charge in [-0.05, 0) is 61.4 Å². The zero-order valence-electron chi connectivity index (χ0n) is 17.0. The van der Waals surface area contributed by atoms with Crippen LogP contribution in [0.1, 0.15) is 41.5 Å². The van der Waals surface area contributed by atoms with Crippen LogP contribution in [0.5, 0.6) is 0 Å². The van der Waals surface area contributed by atoms with Crippen molar-refractivity contribution in [3.8, 4) is 0 Å². The van der Waals surface area contributed by atoms with Crippen LogP contribution in [0.2, 0.25) is 0 Å². The summed E-state index contributed by atoms with van der Waals surface area (Å²) in [5.74, 6) is 0.349. The molecule has 5 nitrogen and oxygen atoms in total. The van der Waals surface area contributed by atoms with Gasteiger partial charge in [-0.25, -0.2) is 9.38 Å². The Labute approximate surface area is 192 Å². The van der Waals surface area contributed by atoms with E-state index in [9.17, 15) is 9.18 Å². The molecule has 1 aromatic heterocycles. The third kappa shape index (κ3) is 6.15. The third-order valence-corrected chi connectivity index (χ3v) is 5.95. The molecule has 1 aliphatic heterocycles. The fourth-order valence-corrected chi connectivity index (χ4v) is 4.08.